The standard InChI is InChI=1S/C14H19ClN2O2S/c1-16-11-4-5-14(18-7-8-19-14)9-12(11)20-13-10(15)3-2-6-17-13/h2-3,6,11-12,16H,4-5,7-9H2,1H3. The highest BCUT2D eigenvalue weighted by Gasteiger charge is 2.45. The predicted octanol–water partition coefficient (Wildman–Crippen LogP) is 2.71. The highest BCUT2D eigenvalue weighted by molar-refractivity contribution is 8.00. The number of ether oxygens (including phenoxy) is 2. The van der Waals surface area contributed by atoms with Crippen LogP contribution >= 0.6 is 23.4 Å². The summed E-state index contributed by atoms with van der Waals surface area (Å²) < 4.78 is 11.7. The number of nitrogens with one attached hydrogen (secondary N) is 1. The van der Waals surface area contributed by atoms with Crippen LogP contribution in [0, 0.1) is 0 Å². The number of hydrogen-bond donors (Lipinski definition) is 1. The van der Waals surface area contributed by atoms with Crippen LogP contribution in [0.2, 0.25) is 5.02 Å². The van der Waals surface area contributed by atoms with Gasteiger partial charge in [0, 0.05) is 30.3 Å². The molecular formula is C14H19ClN2O2S. The number of nitrogens with zero attached hydrogens (tertiary/aromatic N) is 1. The molecule has 3 rings (SSSR count). The summed E-state index contributed by atoms with van der Waals surface area (Å²) >= 11 is 7.94. The molecule has 2 unspecified atom stereocenters. The molecule has 0 bridgehead atoms. The molecule has 1 aromatic rings. The SMILES string of the molecule is CNC1CCC2(CC1Sc1ncccc1Cl)OCCO2. The molecule has 1 saturated carbocycles. The maximum absolute atomic E-state index is 6.22. The average molecular weight is 315 g/mol. The molecule has 1 aliphatic heterocycles. The van der Waals surface area contributed by atoms with Gasteiger partial charge in [-0.05, 0) is 25.6 Å². The maximum atomic E-state index is 6.22. The maximum Gasteiger partial charge on any atom is 0.169 e. The van der Waals surface area contributed by atoms with Crippen LogP contribution in [-0.2, 0) is 9.47 Å². The molecule has 2 heterocycles. The topological polar surface area (TPSA) is 43.4 Å². The van der Waals surface area contributed by atoms with Crippen molar-refractivity contribution in [2.24, 2.45) is 0 Å². The minimum Gasteiger partial charge on any atom is -0.347 e. The number of pyridine rings is 1. The number of thioether (sulfide) groups is 1. The lowest BCUT2D eigenvalue weighted by molar-refractivity contribution is -0.177. The molecule has 0 amide bonds. The third-order valence-electron chi connectivity index (χ3n) is 3.97. The first-order valence-corrected chi connectivity index (χ1v) is 8.20. The second kappa shape index (κ2) is 6.20. The van der Waals surface area contributed by atoms with Gasteiger partial charge in [0.1, 0.15) is 5.03 Å². The normalized spacial score (nSPS) is 28.9. The highest BCUT2D eigenvalue weighted by Crippen LogP contribution is 2.43. The van der Waals surface area contributed by atoms with Gasteiger partial charge in [0.15, 0.2) is 5.79 Å². The third kappa shape index (κ3) is 2.97. The molecule has 20 heavy (non-hydrogen) atoms. The number of halogens is 1. The Morgan fingerprint density at radius 1 is 1.45 bits per heavy atom. The molecule has 1 saturated heterocycles. The Hall–Kier alpha value is -0.330. The predicted molar refractivity (Wildman–Crippen MR) is 80.2 cm³/mol. The zero-order valence-electron chi connectivity index (χ0n) is 11.5. The summed E-state index contributed by atoms with van der Waals surface area (Å²) in [6.45, 7) is 1.40. The van der Waals surface area contributed by atoms with Gasteiger partial charge in [-0.3, -0.25) is 0 Å². The summed E-state index contributed by atoms with van der Waals surface area (Å²) in [5.41, 5.74) is 0. The van der Waals surface area contributed by atoms with E-state index in [1.807, 2.05) is 19.2 Å². The van der Waals surface area contributed by atoms with Crippen LogP contribution in [0.25, 0.3) is 0 Å². The highest BCUT2D eigenvalue weighted by atomic mass is 35.5. The van der Waals surface area contributed by atoms with E-state index >= 15 is 0 Å². The molecular weight excluding hydrogens is 296 g/mol. The van der Waals surface area contributed by atoms with Crippen LogP contribution in [0.3, 0.4) is 0 Å². The van der Waals surface area contributed by atoms with Crippen LogP contribution in [0.15, 0.2) is 23.4 Å². The Labute approximate surface area is 128 Å². The number of rotatable bonds is 3. The minimum absolute atomic E-state index is 0.347. The van der Waals surface area contributed by atoms with Crippen molar-refractivity contribution >= 4 is 23.4 Å². The molecule has 2 aliphatic rings. The Balaban J connectivity index is 1.76. The van der Waals surface area contributed by atoms with Crippen molar-refractivity contribution < 1.29 is 9.47 Å². The summed E-state index contributed by atoms with van der Waals surface area (Å²) in [7, 11) is 2.01. The molecule has 2 atom stereocenters. The largest absolute Gasteiger partial charge is 0.347 e. The summed E-state index contributed by atoms with van der Waals surface area (Å²) in [5.74, 6) is -0.383. The van der Waals surface area contributed by atoms with Gasteiger partial charge >= 0.3 is 0 Å². The van der Waals surface area contributed by atoms with E-state index in [-0.39, 0.29) is 5.79 Å². The van der Waals surface area contributed by atoms with Gasteiger partial charge in [0.05, 0.1) is 18.2 Å². The van der Waals surface area contributed by atoms with Crippen molar-refractivity contribution in [2.75, 3.05) is 20.3 Å². The lowest BCUT2D eigenvalue weighted by Crippen LogP contribution is -2.48. The second-order valence-corrected chi connectivity index (χ2v) is 6.83. The molecule has 1 spiro atoms. The van der Waals surface area contributed by atoms with Crippen molar-refractivity contribution in [3.63, 3.8) is 0 Å². The molecule has 6 heteroatoms. The first-order valence-electron chi connectivity index (χ1n) is 6.95. The van der Waals surface area contributed by atoms with Crippen molar-refractivity contribution in [1.82, 2.24) is 10.3 Å². The zero-order chi connectivity index (χ0) is 14.0. The van der Waals surface area contributed by atoms with Gasteiger partial charge in [0.2, 0.25) is 0 Å². The number of hydrogen-bond acceptors (Lipinski definition) is 5. The molecule has 4 nitrogen and oxygen atoms in total. The van der Waals surface area contributed by atoms with Gasteiger partial charge in [-0.2, -0.15) is 0 Å². The van der Waals surface area contributed by atoms with Crippen molar-refractivity contribution in [3.8, 4) is 0 Å². The van der Waals surface area contributed by atoms with Crippen LogP contribution in [0.4, 0.5) is 0 Å². The summed E-state index contributed by atoms with van der Waals surface area (Å²) in [6, 6.07) is 4.16. The molecule has 0 radical (unpaired) electrons. The quantitative estimate of drug-likeness (QED) is 0.929. The molecule has 2 fully saturated rings. The fourth-order valence-corrected chi connectivity index (χ4v) is 4.54. The van der Waals surface area contributed by atoms with E-state index in [1.54, 1.807) is 18.0 Å². The molecule has 1 aromatic heterocycles. The van der Waals surface area contributed by atoms with Crippen molar-refractivity contribution in [3.05, 3.63) is 23.4 Å². The van der Waals surface area contributed by atoms with E-state index < -0.39 is 0 Å². The third-order valence-corrected chi connectivity index (χ3v) is 5.73. The van der Waals surface area contributed by atoms with Crippen LogP contribution in [0.1, 0.15) is 19.3 Å². The zero-order valence-corrected chi connectivity index (χ0v) is 13.0. The van der Waals surface area contributed by atoms with Gasteiger partial charge in [-0.25, -0.2) is 4.98 Å². The second-order valence-electron chi connectivity index (χ2n) is 5.19. The fraction of sp³-hybridized carbons (Fsp3) is 0.643. The summed E-state index contributed by atoms with van der Waals surface area (Å²) in [4.78, 5) is 4.38. The average Bonchev–Trinajstić information content (AvgIpc) is 2.90. The Morgan fingerprint density at radius 3 is 2.95 bits per heavy atom. The van der Waals surface area contributed by atoms with Gasteiger partial charge in [0.25, 0.3) is 0 Å². The Morgan fingerprint density at radius 2 is 2.25 bits per heavy atom. The van der Waals surface area contributed by atoms with E-state index in [1.165, 1.54) is 0 Å². The van der Waals surface area contributed by atoms with E-state index in [4.69, 9.17) is 21.1 Å². The van der Waals surface area contributed by atoms with E-state index in [0.29, 0.717) is 29.5 Å². The van der Waals surface area contributed by atoms with E-state index in [9.17, 15) is 0 Å². The van der Waals surface area contributed by atoms with Gasteiger partial charge in [-0.1, -0.05) is 23.4 Å². The molecule has 110 valence electrons. The first kappa shape index (κ1) is 14.6. The molecule has 0 aromatic carbocycles. The van der Waals surface area contributed by atoms with Gasteiger partial charge in [-0.15, -0.1) is 0 Å². The Bertz CT molecular complexity index is 468. The van der Waals surface area contributed by atoms with E-state index in [0.717, 1.165) is 24.3 Å². The Kier molecular flexibility index (Phi) is 4.52. The summed E-state index contributed by atoms with van der Waals surface area (Å²) in [5, 5.41) is 5.34. The van der Waals surface area contributed by atoms with Crippen LogP contribution in [0.5, 0.6) is 0 Å². The summed E-state index contributed by atoms with van der Waals surface area (Å²) in [6.07, 6.45) is 4.64. The van der Waals surface area contributed by atoms with E-state index in [2.05, 4.69) is 10.3 Å². The first-order chi connectivity index (χ1) is 9.72. The van der Waals surface area contributed by atoms with Crippen molar-refractivity contribution in [1.29, 1.82) is 0 Å². The lowest BCUT2D eigenvalue weighted by Gasteiger charge is -2.40. The van der Waals surface area contributed by atoms with Crippen LogP contribution < -0.4 is 5.32 Å². The minimum atomic E-state index is -0.383. The fourth-order valence-electron chi connectivity index (χ4n) is 2.93. The van der Waals surface area contributed by atoms with Gasteiger partial charge < -0.3 is 14.8 Å². The molecule has 1 N–H and O–H groups in total. The molecule has 1 aliphatic carbocycles. The monoisotopic (exact) mass is 314 g/mol. The number of aromatic nitrogens is 1. The van der Waals surface area contributed by atoms with Crippen LogP contribution in [-0.4, -0.2) is 42.3 Å². The lowest BCUT2D eigenvalue weighted by atomic mass is 9.89. The van der Waals surface area contributed by atoms with Crippen molar-refractivity contribution in [2.45, 2.75) is 41.4 Å². The smallest absolute Gasteiger partial charge is 0.169 e.